The summed E-state index contributed by atoms with van der Waals surface area (Å²) in [6.07, 6.45) is 2.00. The number of hydrogen-bond acceptors (Lipinski definition) is 2. The first kappa shape index (κ1) is 9.62. The molecule has 0 aliphatic rings. The zero-order valence-corrected chi connectivity index (χ0v) is 8.27. The standard InChI is InChI=1S/C10H14OS/c1-10(11,8-12-2)9-6-4-3-5-7-9/h3-7,11H,8H2,1-2H3. The van der Waals surface area contributed by atoms with Crippen LogP contribution in [0.3, 0.4) is 0 Å². The molecule has 1 rings (SSSR count). The lowest BCUT2D eigenvalue weighted by atomic mass is 9.99. The fourth-order valence-electron chi connectivity index (χ4n) is 1.16. The number of hydrogen-bond donors (Lipinski definition) is 1. The van der Waals surface area contributed by atoms with Gasteiger partial charge in [0, 0.05) is 5.75 Å². The average Bonchev–Trinajstić information content (AvgIpc) is 2.06. The van der Waals surface area contributed by atoms with Crippen molar-refractivity contribution < 1.29 is 5.11 Å². The maximum Gasteiger partial charge on any atom is 0.0958 e. The van der Waals surface area contributed by atoms with Crippen molar-refractivity contribution in [2.45, 2.75) is 12.5 Å². The molecule has 66 valence electrons. The van der Waals surface area contributed by atoms with Gasteiger partial charge in [0.1, 0.15) is 0 Å². The van der Waals surface area contributed by atoms with E-state index in [9.17, 15) is 5.11 Å². The van der Waals surface area contributed by atoms with Crippen molar-refractivity contribution in [3.8, 4) is 0 Å². The maximum atomic E-state index is 9.96. The van der Waals surface area contributed by atoms with Gasteiger partial charge < -0.3 is 5.11 Å². The molecule has 12 heavy (non-hydrogen) atoms. The van der Waals surface area contributed by atoms with Crippen molar-refractivity contribution in [1.82, 2.24) is 0 Å². The third-order valence-corrected chi connectivity index (χ3v) is 2.67. The summed E-state index contributed by atoms with van der Waals surface area (Å²) in [5.74, 6) is 0.733. The molecular weight excluding hydrogens is 168 g/mol. The molecule has 0 amide bonds. The molecule has 1 atom stereocenters. The fraction of sp³-hybridized carbons (Fsp3) is 0.400. The number of rotatable bonds is 3. The van der Waals surface area contributed by atoms with Crippen LogP contribution in [0.4, 0.5) is 0 Å². The lowest BCUT2D eigenvalue weighted by molar-refractivity contribution is 0.0840. The average molecular weight is 182 g/mol. The van der Waals surface area contributed by atoms with E-state index in [0.29, 0.717) is 0 Å². The highest BCUT2D eigenvalue weighted by molar-refractivity contribution is 7.98. The van der Waals surface area contributed by atoms with Crippen LogP contribution in [0.2, 0.25) is 0 Å². The Morgan fingerprint density at radius 1 is 1.33 bits per heavy atom. The Kier molecular flexibility index (Phi) is 3.18. The first-order chi connectivity index (χ1) is 5.67. The van der Waals surface area contributed by atoms with Gasteiger partial charge in [-0.05, 0) is 18.7 Å². The van der Waals surface area contributed by atoms with Gasteiger partial charge in [-0.25, -0.2) is 0 Å². The molecule has 0 aliphatic carbocycles. The van der Waals surface area contributed by atoms with Crippen LogP contribution < -0.4 is 0 Å². The Bertz CT molecular complexity index is 231. The van der Waals surface area contributed by atoms with Gasteiger partial charge in [0.2, 0.25) is 0 Å². The maximum absolute atomic E-state index is 9.96. The van der Waals surface area contributed by atoms with Crippen molar-refractivity contribution in [2.75, 3.05) is 12.0 Å². The second-order valence-electron chi connectivity index (χ2n) is 3.07. The topological polar surface area (TPSA) is 20.2 Å². The Hall–Kier alpha value is -0.470. The number of aliphatic hydroxyl groups is 1. The van der Waals surface area contributed by atoms with E-state index in [0.717, 1.165) is 11.3 Å². The molecule has 0 saturated heterocycles. The summed E-state index contributed by atoms with van der Waals surface area (Å²) in [5.41, 5.74) is 0.292. The first-order valence-corrected chi connectivity index (χ1v) is 5.33. The second kappa shape index (κ2) is 3.97. The molecule has 0 aromatic heterocycles. The highest BCUT2D eigenvalue weighted by Crippen LogP contribution is 2.23. The molecule has 0 fully saturated rings. The van der Waals surface area contributed by atoms with Crippen LogP contribution in [0.1, 0.15) is 12.5 Å². The van der Waals surface area contributed by atoms with Crippen LogP contribution >= 0.6 is 11.8 Å². The van der Waals surface area contributed by atoms with E-state index in [1.807, 2.05) is 43.5 Å². The molecular formula is C10H14OS. The molecule has 0 aliphatic heterocycles. The summed E-state index contributed by atoms with van der Waals surface area (Å²) in [4.78, 5) is 0. The van der Waals surface area contributed by atoms with Gasteiger partial charge in [-0.15, -0.1) is 0 Å². The van der Waals surface area contributed by atoms with Crippen LogP contribution in [0.15, 0.2) is 30.3 Å². The fourth-order valence-corrected chi connectivity index (χ4v) is 1.89. The van der Waals surface area contributed by atoms with Crippen molar-refractivity contribution in [2.24, 2.45) is 0 Å². The van der Waals surface area contributed by atoms with Crippen LogP contribution in [0, 0.1) is 0 Å². The van der Waals surface area contributed by atoms with Gasteiger partial charge in [0.05, 0.1) is 5.60 Å². The van der Waals surface area contributed by atoms with Crippen molar-refractivity contribution in [1.29, 1.82) is 0 Å². The highest BCUT2D eigenvalue weighted by atomic mass is 32.2. The van der Waals surface area contributed by atoms with E-state index in [4.69, 9.17) is 0 Å². The molecule has 1 aromatic rings. The molecule has 0 heterocycles. The van der Waals surface area contributed by atoms with E-state index in [-0.39, 0.29) is 0 Å². The molecule has 0 spiro atoms. The van der Waals surface area contributed by atoms with E-state index < -0.39 is 5.60 Å². The molecule has 0 bridgehead atoms. The van der Waals surface area contributed by atoms with Gasteiger partial charge in [0.25, 0.3) is 0 Å². The van der Waals surface area contributed by atoms with Crippen molar-refractivity contribution in [3.63, 3.8) is 0 Å². The lowest BCUT2D eigenvalue weighted by Gasteiger charge is -2.22. The Morgan fingerprint density at radius 3 is 2.42 bits per heavy atom. The van der Waals surface area contributed by atoms with E-state index >= 15 is 0 Å². The molecule has 2 heteroatoms. The zero-order valence-electron chi connectivity index (χ0n) is 7.45. The van der Waals surface area contributed by atoms with Gasteiger partial charge in [-0.2, -0.15) is 11.8 Å². The highest BCUT2D eigenvalue weighted by Gasteiger charge is 2.21. The summed E-state index contributed by atoms with van der Waals surface area (Å²) in [5, 5.41) is 9.96. The predicted molar refractivity (Wildman–Crippen MR) is 54.4 cm³/mol. The van der Waals surface area contributed by atoms with E-state index in [2.05, 4.69) is 0 Å². The Morgan fingerprint density at radius 2 is 1.92 bits per heavy atom. The predicted octanol–water partition coefficient (Wildman–Crippen LogP) is 2.26. The van der Waals surface area contributed by atoms with Gasteiger partial charge in [0.15, 0.2) is 0 Å². The largest absolute Gasteiger partial charge is 0.385 e. The monoisotopic (exact) mass is 182 g/mol. The lowest BCUT2D eigenvalue weighted by Crippen LogP contribution is -2.23. The summed E-state index contributed by atoms with van der Waals surface area (Å²) in [7, 11) is 0. The zero-order chi connectivity index (χ0) is 9.03. The molecule has 0 radical (unpaired) electrons. The van der Waals surface area contributed by atoms with Gasteiger partial charge in [-0.3, -0.25) is 0 Å². The minimum absolute atomic E-state index is 0.694. The molecule has 1 aromatic carbocycles. The van der Waals surface area contributed by atoms with Crippen LogP contribution in [-0.2, 0) is 5.60 Å². The summed E-state index contributed by atoms with van der Waals surface area (Å²) in [6, 6.07) is 9.76. The van der Waals surface area contributed by atoms with Crippen molar-refractivity contribution >= 4 is 11.8 Å². The third kappa shape index (κ3) is 2.26. The normalized spacial score (nSPS) is 15.6. The minimum atomic E-state index is -0.694. The van der Waals surface area contributed by atoms with Crippen LogP contribution in [0.25, 0.3) is 0 Å². The molecule has 1 nitrogen and oxygen atoms in total. The van der Waals surface area contributed by atoms with Crippen molar-refractivity contribution in [3.05, 3.63) is 35.9 Å². The van der Waals surface area contributed by atoms with E-state index in [1.54, 1.807) is 11.8 Å². The van der Waals surface area contributed by atoms with Gasteiger partial charge >= 0.3 is 0 Å². The number of thioether (sulfide) groups is 1. The minimum Gasteiger partial charge on any atom is -0.385 e. The van der Waals surface area contributed by atoms with Crippen LogP contribution in [-0.4, -0.2) is 17.1 Å². The van der Waals surface area contributed by atoms with Crippen LogP contribution in [0.5, 0.6) is 0 Å². The summed E-state index contributed by atoms with van der Waals surface area (Å²) < 4.78 is 0. The summed E-state index contributed by atoms with van der Waals surface area (Å²) in [6.45, 7) is 1.85. The Labute approximate surface area is 77.8 Å². The summed E-state index contributed by atoms with van der Waals surface area (Å²) >= 11 is 1.65. The molecule has 1 N–H and O–H groups in total. The quantitative estimate of drug-likeness (QED) is 0.773. The second-order valence-corrected chi connectivity index (χ2v) is 3.94. The smallest absolute Gasteiger partial charge is 0.0958 e. The molecule has 1 unspecified atom stereocenters. The first-order valence-electron chi connectivity index (χ1n) is 3.93. The SMILES string of the molecule is CSCC(C)(O)c1ccccc1. The third-order valence-electron chi connectivity index (χ3n) is 1.82. The Balaban J connectivity index is 2.82. The number of benzene rings is 1. The van der Waals surface area contributed by atoms with E-state index in [1.165, 1.54) is 0 Å². The molecule has 0 saturated carbocycles. The van der Waals surface area contributed by atoms with Gasteiger partial charge in [-0.1, -0.05) is 30.3 Å².